The molecular weight excluding hydrogens is 386 g/mol. The van der Waals surface area contributed by atoms with Gasteiger partial charge in [-0.25, -0.2) is 21.6 Å². The van der Waals surface area contributed by atoms with Crippen LogP contribution in [0.1, 0.15) is 16.7 Å². The van der Waals surface area contributed by atoms with Gasteiger partial charge in [0, 0.05) is 20.1 Å². The molecular formula is C18H25N3O4S2. The molecule has 0 radical (unpaired) electrons. The van der Waals surface area contributed by atoms with Crippen LogP contribution in [0.3, 0.4) is 0 Å². The molecule has 0 heterocycles. The number of nitrogens with zero attached hydrogens (tertiary/aromatic N) is 1. The summed E-state index contributed by atoms with van der Waals surface area (Å²) in [5.41, 5.74) is 7.67. The van der Waals surface area contributed by atoms with E-state index in [-0.39, 0.29) is 22.9 Å². The molecule has 0 amide bonds. The third kappa shape index (κ3) is 4.32. The number of nitrogens with two attached hydrogens (primary N) is 1. The summed E-state index contributed by atoms with van der Waals surface area (Å²) in [5.74, 6) is 0. The zero-order valence-corrected chi connectivity index (χ0v) is 17.5. The highest BCUT2D eigenvalue weighted by atomic mass is 32.2. The maximum absolute atomic E-state index is 13.0. The molecule has 0 spiro atoms. The molecule has 148 valence electrons. The molecule has 0 aliphatic heterocycles. The molecule has 0 bridgehead atoms. The van der Waals surface area contributed by atoms with E-state index in [2.05, 4.69) is 4.72 Å². The van der Waals surface area contributed by atoms with Crippen LogP contribution in [0.4, 0.5) is 5.69 Å². The Kier molecular flexibility index (Phi) is 6.31. The van der Waals surface area contributed by atoms with Gasteiger partial charge in [-0.1, -0.05) is 23.8 Å². The van der Waals surface area contributed by atoms with Crippen LogP contribution in [0.5, 0.6) is 0 Å². The van der Waals surface area contributed by atoms with Gasteiger partial charge in [-0.05, 0) is 50.1 Å². The standard InChI is InChI=1S/C18H25N3O4S2/c1-13-5-8-16(9-6-13)27(24,25)21(4)18-14(2)7-10-17(15(18)3)26(22,23)20-12-11-19/h5-10,20H,11-12,19H2,1-4H3. The molecule has 2 aromatic rings. The first-order valence-electron chi connectivity index (χ1n) is 8.38. The fourth-order valence-electron chi connectivity index (χ4n) is 2.85. The largest absolute Gasteiger partial charge is 0.329 e. The number of nitrogens with one attached hydrogen (secondary N) is 1. The normalized spacial score (nSPS) is 12.2. The molecule has 0 aromatic heterocycles. The molecule has 3 N–H and O–H groups in total. The lowest BCUT2D eigenvalue weighted by molar-refractivity contribution is 0.581. The smallest absolute Gasteiger partial charge is 0.264 e. The number of rotatable bonds is 7. The first-order chi connectivity index (χ1) is 12.5. The number of hydrogen-bond donors (Lipinski definition) is 2. The van der Waals surface area contributed by atoms with Crippen molar-refractivity contribution in [3.8, 4) is 0 Å². The first-order valence-corrected chi connectivity index (χ1v) is 11.3. The summed E-state index contributed by atoms with van der Waals surface area (Å²) >= 11 is 0. The second-order valence-electron chi connectivity index (χ2n) is 6.33. The van der Waals surface area contributed by atoms with Crippen LogP contribution in [0.25, 0.3) is 0 Å². The minimum atomic E-state index is -3.83. The molecule has 0 aliphatic rings. The van der Waals surface area contributed by atoms with Gasteiger partial charge < -0.3 is 5.73 Å². The van der Waals surface area contributed by atoms with Crippen molar-refractivity contribution in [2.45, 2.75) is 30.6 Å². The lowest BCUT2D eigenvalue weighted by Crippen LogP contribution is -2.31. The van der Waals surface area contributed by atoms with E-state index in [0.29, 0.717) is 16.8 Å². The maximum atomic E-state index is 13.0. The van der Waals surface area contributed by atoms with Gasteiger partial charge in [-0.3, -0.25) is 4.31 Å². The summed E-state index contributed by atoms with van der Waals surface area (Å²) in [7, 11) is -6.20. The number of hydrogen-bond acceptors (Lipinski definition) is 5. The van der Waals surface area contributed by atoms with E-state index < -0.39 is 20.0 Å². The average Bonchev–Trinajstić information content (AvgIpc) is 2.60. The van der Waals surface area contributed by atoms with Crippen LogP contribution in [-0.2, 0) is 20.0 Å². The minimum absolute atomic E-state index is 0.0301. The van der Waals surface area contributed by atoms with E-state index in [1.165, 1.54) is 25.2 Å². The third-order valence-corrected chi connectivity index (χ3v) is 7.68. The number of aryl methyl sites for hydroxylation is 2. The molecule has 2 aromatic carbocycles. The van der Waals surface area contributed by atoms with Gasteiger partial charge in [0.25, 0.3) is 10.0 Å². The fourth-order valence-corrected chi connectivity index (χ4v) is 5.46. The van der Waals surface area contributed by atoms with Gasteiger partial charge in [0.1, 0.15) is 0 Å². The summed E-state index contributed by atoms with van der Waals surface area (Å²) in [6.07, 6.45) is 0. The highest BCUT2D eigenvalue weighted by molar-refractivity contribution is 7.92. The van der Waals surface area contributed by atoms with E-state index in [9.17, 15) is 16.8 Å². The number of sulfonamides is 2. The molecule has 0 saturated heterocycles. The predicted octanol–water partition coefficient (Wildman–Crippen LogP) is 1.67. The zero-order chi connectivity index (χ0) is 20.4. The lowest BCUT2D eigenvalue weighted by atomic mass is 10.1. The van der Waals surface area contributed by atoms with Gasteiger partial charge in [-0.2, -0.15) is 0 Å². The summed E-state index contributed by atoms with van der Waals surface area (Å²) in [5, 5.41) is 0. The zero-order valence-electron chi connectivity index (χ0n) is 15.9. The van der Waals surface area contributed by atoms with Crippen molar-refractivity contribution in [2.24, 2.45) is 5.73 Å². The third-order valence-electron chi connectivity index (χ3n) is 4.30. The second kappa shape index (κ2) is 7.97. The molecule has 0 atom stereocenters. The Labute approximate surface area is 161 Å². The minimum Gasteiger partial charge on any atom is -0.329 e. The highest BCUT2D eigenvalue weighted by Crippen LogP contribution is 2.32. The Balaban J connectivity index is 2.58. The Hall–Kier alpha value is -1.94. The van der Waals surface area contributed by atoms with Crippen molar-refractivity contribution < 1.29 is 16.8 Å². The second-order valence-corrected chi connectivity index (χ2v) is 10.0. The average molecular weight is 412 g/mol. The number of benzene rings is 2. The molecule has 0 aliphatic carbocycles. The predicted molar refractivity (Wildman–Crippen MR) is 107 cm³/mol. The molecule has 0 fully saturated rings. The molecule has 2 rings (SSSR count). The van der Waals surface area contributed by atoms with Crippen LogP contribution in [-0.4, -0.2) is 37.0 Å². The van der Waals surface area contributed by atoms with Gasteiger partial charge in [0.05, 0.1) is 15.5 Å². The van der Waals surface area contributed by atoms with Crippen molar-refractivity contribution in [1.82, 2.24) is 4.72 Å². The van der Waals surface area contributed by atoms with Crippen molar-refractivity contribution in [3.63, 3.8) is 0 Å². The Morgan fingerprint density at radius 2 is 1.56 bits per heavy atom. The Bertz CT molecular complexity index is 1030. The molecule has 7 nitrogen and oxygen atoms in total. The van der Waals surface area contributed by atoms with Crippen LogP contribution in [0.15, 0.2) is 46.2 Å². The van der Waals surface area contributed by atoms with Gasteiger partial charge >= 0.3 is 0 Å². The quantitative estimate of drug-likeness (QED) is 0.720. The monoisotopic (exact) mass is 411 g/mol. The summed E-state index contributed by atoms with van der Waals surface area (Å²) in [6, 6.07) is 9.58. The van der Waals surface area contributed by atoms with Gasteiger partial charge in [-0.15, -0.1) is 0 Å². The summed E-state index contributed by atoms with van der Waals surface area (Å²) in [6.45, 7) is 5.48. The van der Waals surface area contributed by atoms with Crippen LogP contribution in [0, 0.1) is 20.8 Å². The van der Waals surface area contributed by atoms with E-state index in [1.54, 1.807) is 32.0 Å². The van der Waals surface area contributed by atoms with Gasteiger partial charge in [0.15, 0.2) is 0 Å². The van der Waals surface area contributed by atoms with Crippen molar-refractivity contribution >= 4 is 25.7 Å². The molecule has 0 saturated carbocycles. The van der Waals surface area contributed by atoms with Crippen LogP contribution in [0.2, 0.25) is 0 Å². The van der Waals surface area contributed by atoms with Crippen molar-refractivity contribution in [1.29, 1.82) is 0 Å². The topological polar surface area (TPSA) is 110 Å². The van der Waals surface area contributed by atoms with Crippen molar-refractivity contribution in [3.05, 3.63) is 53.1 Å². The van der Waals surface area contributed by atoms with Crippen molar-refractivity contribution in [2.75, 3.05) is 24.4 Å². The number of anilines is 1. The molecule has 0 unspecified atom stereocenters. The fraction of sp³-hybridized carbons (Fsp3) is 0.333. The van der Waals surface area contributed by atoms with E-state index in [1.807, 2.05) is 6.92 Å². The summed E-state index contributed by atoms with van der Waals surface area (Å²) < 4.78 is 54.6. The molecule has 27 heavy (non-hydrogen) atoms. The van der Waals surface area contributed by atoms with Crippen LogP contribution >= 0.6 is 0 Å². The highest BCUT2D eigenvalue weighted by Gasteiger charge is 2.27. The van der Waals surface area contributed by atoms with Crippen LogP contribution < -0.4 is 14.8 Å². The van der Waals surface area contributed by atoms with Gasteiger partial charge in [0.2, 0.25) is 10.0 Å². The molecule has 9 heteroatoms. The lowest BCUT2D eigenvalue weighted by Gasteiger charge is -2.25. The summed E-state index contributed by atoms with van der Waals surface area (Å²) in [4.78, 5) is 0.173. The SMILES string of the molecule is Cc1ccc(S(=O)(=O)N(C)c2c(C)ccc(S(=O)(=O)NCCN)c2C)cc1. The van der Waals surface area contributed by atoms with E-state index in [4.69, 9.17) is 5.73 Å². The first kappa shape index (κ1) is 21.4. The van der Waals surface area contributed by atoms with E-state index in [0.717, 1.165) is 9.87 Å². The Morgan fingerprint density at radius 1 is 0.963 bits per heavy atom. The maximum Gasteiger partial charge on any atom is 0.264 e. The van der Waals surface area contributed by atoms with E-state index >= 15 is 0 Å². The Morgan fingerprint density at radius 3 is 2.11 bits per heavy atom.